The maximum absolute atomic E-state index is 12.3. The van der Waals surface area contributed by atoms with E-state index >= 15 is 0 Å². The van der Waals surface area contributed by atoms with Crippen molar-refractivity contribution in [1.82, 2.24) is 4.31 Å². The predicted octanol–water partition coefficient (Wildman–Crippen LogP) is 0.164. The van der Waals surface area contributed by atoms with Gasteiger partial charge in [0.15, 0.2) is 0 Å². The summed E-state index contributed by atoms with van der Waals surface area (Å²) in [6.45, 7) is 3.80. The molecule has 0 amide bonds. The zero-order valence-corrected chi connectivity index (χ0v) is 11.2. The number of hydrogen-bond acceptors (Lipinski definition) is 4. The largest absolute Gasteiger partial charge is 0.377 e. The topological polar surface area (TPSA) is 72.6 Å². The Labute approximate surface area is 103 Å². The normalized spacial score (nSPS) is 35.5. The molecule has 2 aliphatic rings. The van der Waals surface area contributed by atoms with E-state index in [9.17, 15) is 8.42 Å². The van der Waals surface area contributed by atoms with Gasteiger partial charge in [-0.2, -0.15) is 4.31 Å². The van der Waals surface area contributed by atoms with Crippen molar-refractivity contribution >= 4 is 10.0 Å². The van der Waals surface area contributed by atoms with Gasteiger partial charge in [-0.05, 0) is 38.6 Å². The van der Waals surface area contributed by atoms with Crippen molar-refractivity contribution < 1.29 is 13.2 Å². The van der Waals surface area contributed by atoms with Gasteiger partial charge in [0.1, 0.15) is 0 Å². The second-order valence-corrected chi connectivity index (χ2v) is 7.14. The van der Waals surface area contributed by atoms with E-state index in [4.69, 9.17) is 10.5 Å². The van der Waals surface area contributed by atoms with Crippen molar-refractivity contribution in [2.24, 2.45) is 11.7 Å². The van der Waals surface area contributed by atoms with E-state index in [1.807, 2.05) is 6.92 Å². The molecule has 2 fully saturated rings. The van der Waals surface area contributed by atoms with Crippen molar-refractivity contribution in [3.63, 3.8) is 0 Å². The van der Waals surface area contributed by atoms with E-state index in [0.29, 0.717) is 25.6 Å². The number of sulfonamides is 1. The number of nitrogens with two attached hydrogens (primary N) is 1. The lowest BCUT2D eigenvalue weighted by Crippen LogP contribution is -2.39. The molecule has 5 nitrogen and oxygen atoms in total. The summed E-state index contributed by atoms with van der Waals surface area (Å²) in [6, 6.07) is 0.0787. The first-order valence-corrected chi connectivity index (χ1v) is 7.95. The van der Waals surface area contributed by atoms with Gasteiger partial charge in [-0.3, -0.25) is 0 Å². The summed E-state index contributed by atoms with van der Waals surface area (Å²) in [7, 11) is -3.18. The van der Waals surface area contributed by atoms with E-state index in [1.54, 1.807) is 4.31 Å². The molecule has 0 bridgehead atoms. The van der Waals surface area contributed by atoms with Crippen molar-refractivity contribution in [3.8, 4) is 0 Å². The number of nitrogens with zero attached hydrogens (tertiary/aromatic N) is 1. The number of rotatable bonds is 4. The highest BCUT2D eigenvalue weighted by atomic mass is 32.2. The molecule has 6 heteroatoms. The van der Waals surface area contributed by atoms with Gasteiger partial charge in [0.2, 0.25) is 10.0 Å². The van der Waals surface area contributed by atoms with Gasteiger partial charge in [0, 0.05) is 19.2 Å². The maximum atomic E-state index is 12.3. The number of ether oxygens (including phenoxy) is 1. The average Bonchev–Trinajstić information content (AvgIpc) is 2.86. The lowest BCUT2D eigenvalue weighted by Gasteiger charge is -2.22. The Morgan fingerprint density at radius 3 is 2.76 bits per heavy atom. The minimum atomic E-state index is -3.18. The molecule has 0 aliphatic carbocycles. The summed E-state index contributed by atoms with van der Waals surface area (Å²) < 4.78 is 31.6. The molecule has 3 unspecified atom stereocenters. The Kier molecular flexibility index (Phi) is 4.07. The monoisotopic (exact) mass is 262 g/mol. The van der Waals surface area contributed by atoms with Crippen LogP contribution in [-0.2, 0) is 14.8 Å². The molecule has 2 heterocycles. The van der Waals surface area contributed by atoms with Gasteiger partial charge in [-0.25, -0.2) is 8.42 Å². The van der Waals surface area contributed by atoms with Crippen LogP contribution in [-0.4, -0.2) is 50.3 Å². The first-order valence-electron chi connectivity index (χ1n) is 6.34. The third-order valence-electron chi connectivity index (χ3n) is 3.72. The second-order valence-electron chi connectivity index (χ2n) is 5.17. The van der Waals surface area contributed by atoms with E-state index in [-0.39, 0.29) is 17.9 Å². The molecule has 0 spiro atoms. The first kappa shape index (κ1) is 13.3. The van der Waals surface area contributed by atoms with Crippen LogP contribution in [0.25, 0.3) is 0 Å². The fraction of sp³-hybridized carbons (Fsp3) is 1.00. The van der Waals surface area contributed by atoms with E-state index in [2.05, 4.69) is 0 Å². The van der Waals surface area contributed by atoms with Crippen LogP contribution < -0.4 is 5.73 Å². The molecule has 2 N–H and O–H groups in total. The highest BCUT2D eigenvalue weighted by Crippen LogP contribution is 2.27. The fourth-order valence-corrected chi connectivity index (χ4v) is 4.77. The molecule has 2 aliphatic heterocycles. The predicted molar refractivity (Wildman–Crippen MR) is 66.1 cm³/mol. The molecule has 100 valence electrons. The standard InChI is InChI=1S/C11H22N2O3S/c1-9-5-10(6-12)7-13(9)17(14,15)8-11-3-2-4-16-11/h9-11H,2-8,12H2,1H3. The third kappa shape index (κ3) is 2.99. The van der Waals surface area contributed by atoms with Crippen LogP contribution >= 0.6 is 0 Å². The van der Waals surface area contributed by atoms with Crippen LogP contribution in [0.2, 0.25) is 0 Å². The third-order valence-corrected chi connectivity index (χ3v) is 5.73. The molecule has 0 aromatic heterocycles. The van der Waals surface area contributed by atoms with Gasteiger partial charge >= 0.3 is 0 Å². The average molecular weight is 262 g/mol. The zero-order chi connectivity index (χ0) is 12.5. The lowest BCUT2D eigenvalue weighted by molar-refractivity contribution is 0.126. The minimum Gasteiger partial charge on any atom is -0.377 e. The Balaban J connectivity index is 1.99. The van der Waals surface area contributed by atoms with Crippen molar-refractivity contribution in [2.75, 3.05) is 25.4 Å². The molecule has 0 radical (unpaired) electrons. The van der Waals surface area contributed by atoms with Crippen molar-refractivity contribution in [1.29, 1.82) is 0 Å². The molecule has 3 atom stereocenters. The fourth-order valence-electron chi connectivity index (χ4n) is 2.77. The van der Waals surface area contributed by atoms with E-state index < -0.39 is 10.0 Å². The number of hydrogen-bond donors (Lipinski definition) is 1. The smallest absolute Gasteiger partial charge is 0.216 e. The molecular weight excluding hydrogens is 240 g/mol. The Morgan fingerprint density at radius 2 is 2.24 bits per heavy atom. The quantitative estimate of drug-likeness (QED) is 0.783. The minimum absolute atomic E-state index is 0.0787. The Morgan fingerprint density at radius 1 is 1.47 bits per heavy atom. The first-order chi connectivity index (χ1) is 8.03. The highest BCUT2D eigenvalue weighted by molar-refractivity contribution is 7.89. The maximum Gasteiger partial charge on any atom is 0.216 e. The van der Waals surface area contributed by atoms with Crippen molar-refractivity contribution in [3.05, 3.63) is 0 Å². The molecule has 0 aromatic rings. The van der Waals surface area contributed by atoms with Crippen LogP contribution in [0.1, 0.15) is 26.2 Å². The molecular formula is C11H22N2O3S. The molecule has 0 saturated carbocycles. The van der Waals surface area contributed by atoms with Crippen LogP contribution in [0, 0.1) is 5.92 Å². The summed E-state index contributed by atoms with van der Waals surface area (Å²) in [5, 5.41) is 0. The van der Waals surface area contributed by atoms with E-state index in [1.165, 1.54) is 0 Å². The Hall–Kier alpha value is -0.170. The Bertz CT molecular complexity index is 352. The second kappa shape index (κ2) is 5.22. The SMILES string of the molecule is CC1CC(CN)CN1S(=O)(=O)CC1CCCO1. The summed E-state index contributed by atoms with van der Waals surface area (Å²) in [4.78, 5) is 0. The van der Waals surface area contributed by atoms with Crippen LogP contribution in [0.4, 0.5) is 0 Å². The highest BCUT2D eigenvalue weighted by Gasteiger charge is 2.38. The lowest BCUT2D eigenvalue weighted by atomic mass is 10.1. The molecule has 2 saturated heterocycles. The van der Waals surface area contributed by atoms with Gasteiger partial charge in [-0.15, -0.1) is 0 Å². The van der Waals surface area contributed by atoms with Gasteiger partial charge in [0.25, 0.3) is 0 Å². The van der Waals surface area contributed by atoms with Gasteiger partial charge in [-0.1, -0.05) is 0 Å². The van der Waals surface area contributed by atoms with E-state index in [0.717, 1.165) is 19.3 Å². The van der Waals surface area contributed by atoms with Crippen LogP contribution in [0.3, 0.4) is 0 Å². The summed E-state index contributed by atoms with van der Waals surface area (Å²) in [6.07, 6.45) is 2.61. The van der Waals surface area contributed by atoms with Gasteiger partial charge in [0.05, 0.1) is 11.9 Å². The summed E-state index contributed by atoms with van der Waals surface area (Å²) >= 11 is 0. The summed E-state index contributed by atoms with van der Waals surface area (Å²) in [5.41, 5.74) is 5.62. The molecule has 0 aromatic carbocycles. The van der Waals surface area contributed by atoms with Crippen LogP contribution in [0.5, 0.6) is 0 Å². The summed E-state index contributed by atoms with van der Waals surface area (Å²) in [5.74, 6) is 0.443. The van der Waals surface area contributed by atoms with Crippen molar-refractivity contribution in [2.45, 2.75) is 38.3 Å². The van der Waals surface area contributed by atoms with Gasteiger partial charge < -0.3 is 10.5 Å². The molecule has 2 rings (SSSR count). The van der Waals surface area contributed by atoms with Crippen LogP contribution in [0.15, 0.2) is 0 Å². The zero-order valence-electron chi connectivity index (χ0n) is 10.3. The molecule has 17 heavy (non-hydrogen) atoms.